The molecule has 1 saturated carbocycles. The smallest absolute Gasteiger partial charge is 0.254 e. The van der Waals surface area contributed by atoms with Crippen molar-refractivity contribution in [3.63, 3.8) is 0 Å². The highest BCUT2D eigenvalue weighted by molar-refractivity contribution is 9.10. The number of piperazine rings is 1. The molecule has 0 atom stereocenters. The number of nitrogen functional groups attached to an aromatic ring is 1. The molecule has 1 aromatic carbocycles. The molecule has 3 rings (SSSR count). The molecule has 4 nitrogen and oxygen atoms in total. The molecule has 5 heteroatoms. The summed E-state index contributed by atoms with van der Waals surface area (Å²) in [5.41, 5.74) is 7.10. The maximum Gasteiger partial charge on any atom is 0.254 e. The summed E-state index contributed by atoms with van der Waals surface area (Å²) in [7, 11) is 0. The van der Waals surface area contributed by atoms with Gasteiger partial charge in [0, 0.05) is 48.4 Å². The van der Waals surface area contributed by atoms with Gasteiger partial charge in [-0.1, -0.05) is 15.9 Å². The first-order chi connectivity index (χ1) is 9.61. The van der Waals surface area contributed by atoms with Gasteiger partial charge in [-0.2, -0.15) is 0 Å². The fraction of sp³-hybridized carbons (Fsp3) is 0.533. The van der Waals surface area contributed by atoms with Crippen LogP contribution < -0.4 is 5.73 Å². The van der Waals surface area contributed by atoms with Crippen molar-refractivity contribution in [2.45, 2.75) is 12.8 Å². The van der Waals surface area contributed by atoms with Crippen LogP contribution in [-0.2, 0) is 0 Å². The molecular formula is C15H20BrN3O. The fourth-order valence-electron chi connectivity index (χ4n) is 2.72. The van der Waals surface area contributed by atoms with Crippen molar-refractivity contribution in [3.8, 4) is 0 Å². The third-order valence-electron chi connectivity index (χ3n) is 4.04. The third kappa shape index (κ3) is 3.33. The van der Waals surface area contributed by atoms with Crippen molar-refractivity contribution in [1.29, 1.82) is 0 Å². The summed E-state index contributed by atoms with van der Waals surface area (Å²) in [5.74, 6) is 1.01. The van der Waals surface area contributed by atoms with Crippen molar-refractivity contribution >= 4 is 27.5 Å². The number of carbonyl (C=O) groups excluding carboxylic acids is 1. The Bertz CT molecular complexity index is 488. The van der Waals surface area contributed by atoms with E-state index in [0.717, 1.165) is 36.6 Å². The van der Waals surface area contributed by atoms with Gasteiger partial charge in [0.05, 0.1) is 0 Å². The van der Waals surface area contributed by atoms with Crippen molar-refractivity contribution < 1.29 is 4.79 Å². The molecule has 2 N–H and O–H groups in total. The summed E-state index contributed by atoms with van der Waals surface area (Å²) >= 11 is 3.39. The van der Waals surface area contributed by atoms with Gasteiger partial charge >= 0.3 is 0 Å². The van der Waals surface area contributed by atoms with Crippen LogP contribution in [0.2, 0.25) is 0 Å². The average molecular weight is 338 g/mol. The highest BCUT2D eigenvalue weighted by Gasteiger charge is 2.28. The van der Waals surface area contributed by atoms with Gasteiger partial charge in [0.1, 0.15) is 0 Å². The van der Waals surface area contributed by atoms with Gasteiger partial charge in [0.2, 0.25) is 0 Å². The topological polar surface area (TPSA) is 49.6 Å². The molecule has 2 aliphatic rings. The van der Waals surface area contributed by atoms with Crippen molar-refractivity contribution in [3.05, 3.63) is 28.2 Å². The number of halogens is 1. The van der Waals surface area contributed by atoms with Gasteiger partial charge in [0.15, 0.2) is 0 Å². The summed E-state index contributed by atoms with van der Waals surface area (Å²) in [5, 5.41) is 0. The van der Waals surface area contributed by atoms with Gasteiger partial charge in [-0.05, 0) is 37.0 Å². The Hall–Kier alpha value is -1.07. The van der Waals surface area contributed by atoms with E-state index in [9.17, 15) is 4.79 Å². The minimum Gasteiger partial charge on any atom is -0.399 e. The summed E-state index contributed by atoms with van der Waals surface area (Å²) in [6.07, 6.45) is 2.77. The van der Waals surface area contributed by atoms with Crippen LogP contribution in [0.5, 0.6) is 0 Å². The Labute approximate surface area is 128 Å². The number of hydrogen-bond acceptors (Lipinski definition) is 3. The Morgan fingerprint density at radius 2 is 1.90 bits per heavy atom. The van der Waals surface area contributed by atoms with Crippen LogP contribution in [0.3, 0.4) is 0 Å². The molecule has 1 aliphatic carbocycles. The van der Waals surface area contributed by atoms with Gasteiger partial charge in [-0.15, -0.1) is 0 Å². The third-order valence-corrected chi connectivity index (χ3v) is 4.50. The largest absolute Gasteiger partial charge is 0.399 e. The van der Waals surface area contributed by atoms with Crippen LogP contribution in [0.4, 0.5) is 5.69 Å². The number of nitrogens with zero attached hydrogens (tertiary/aromatic N) is 2. The average Bonchev–Trinajstić information content (AvgIpc) is 3.22. The number of nitrogens with two attached hydrogens (primary N) is 1. The highest BCUT2D eigenvalue weighted by Crippen LogP contribution is 2.30. The Morgan fingerprint density at radius 3 is 2.50 bits per heavy atom. The van der Waals surface area contributed by atoms with Gasteiger partial charge in [-0.25, -0.2) is 0 Å². The predicted molar refractivity (Wildman–Crippen MR) is 83.6 cm³/mol. The summed E-state index contributed by atoms with van der Waals surface area (Å²) < 4.78 is 0.855. The van der Waals surface area contributed by atoms with E-state index in [4.69, 9.17) is 5.73 Å². The quantitative estimate of drug-likeness (QED) is 0.860. The first-order valence-corrected chi connectivity index (χ1v) is 7.99. The van der Waals surface area contributed by atoms with E-state index in [0.29, 0.717) is 11.3 Å². The van der Waals surface area contributed by atoms with E-state index in [1.54, 1.807) is 6.07 Å². The maximum atomic E-state index is 12.5. The van der Waals surface area contributed by atoms with E-state index in [1.807, 2.05) is 17.0 Å². The predicted octanol–water partition coefficient (Wildman–Crippen LogP) is 2.20. The molecular weight excluding hydrogens is 318 g/mol. The molecule has 0 radical (unpaired) electrons. The van der Waals surface area contributed by atoms with Gasteiger partial charge in [0.25, 0.3) is 5.91 Å². The number of amides is 1. The Balaban J connectivity index is 1.60. The molecule has 0 bridgehead atoms. The molecule has 1 aliphatic heterocycles. The summed E-state index contributed by atoms with van der Waals surface area (Å²) in [6, 6.07) is 5.41. The van der Waals surface area contributed by atoms with Crippen LogP contribution in [0, 0.1) is 5.92 Å². The number of carbonyl (C=O) groups is 1. The van der Waals surface area contributed by atoms with Crippen molar-refractivity contribution in [2.75, 3.05) is 38.5 Å². The SMILES string of the molecule is Nc1cc(Br)cc(C(=O)N2CCN(CC3CC3)CC2)c1. The molecule has 1 heterocycles. The molecule has 0 spiro atoms. The minimum atomic E-state index is 0.0871. The molecule has 1 saturated heterocycles. The number of hydrogen-bond donors (Lipinski definition) is 1. The van der Waals surface area contributed by atoms with E-state index in [-0.39, 0.29) is 5.91 Å². The Kier molecular flexibility index (Phi) is 3.98. The second-order valence-electron chi connectivity index (χ2n) is 5.81. The maximum absolute atomic E-state index is 12.5. The molecule has 1 amide bonds. The second-order valence-corrected chi connectivity index (χ2v) is 6.73. The van der Waals surface area contributed by atoms with Gasteiger partial charge < -0.3 is 10.6 Å². The minimum absolute atomic E-state index is 0.0871. The Morgan fingerprint density at radius 1 is 1.20 bits per heavy atom. The van der Waals surface area contributed by atoms with Crippen molar-refractivity contribution in [2.24, 2.45) is 5.92 Å². The molecule has 20 heavy (non-hydrogen) atoms. The number of rotatable bonds is 3. The number of benzene rings is 1. The molecule has 1 aromatic rings. The molecule has 0 aromatic heterocycles. The van der Waals surface area contributed by atoms with Crippen LogP contribution in [0.25, 0.3) is 0 Å². The van der Waals surface area contributed by atoms with Crippen LogP contribution in [0.1, 0.15) is 23.2 Å². The first-order valence-electron chi connectivity index (χ1n) is 7.19. The lowest BCUT2D eigenvalue weighted by Crippen LogP contribution is -2.49. The van der Waals surface area contributed by atoms with Crippen LogP contribution >= 0.6 is 15.9 Å². The molecule has 2 fully saturated rings. The normalized spacial score (nSPS) is 20.1. The zero-order valence-electron chi connectivity index (χ0n) is 11.5. The summed E-state index contributed by atoms with van der Waals surface area (Å²) in [4.78, 5) is 16.9. The standard InChI is InChI=1S/C15H20BrN3O/c16-13-7-12(8-14(17)9-13)15(20)19-5-3-18(4-6-19)10-11-1-2-11/h7-9,11H,1-6,10,17H2. The molecule has 0 unspecified atom stereocenters. The number of anilines is 1. The monoisotopic (exact) mass is 337 g/mol. The zero-order valence-corrected chi connectivity index (χ0v) is 13.1. The second kappa shape index (κ2) is 5.74. The molecule has 108 valence electrons. The fourth-order valence-corrected chi connectivity index (χ4v) is 3.23. The highest BCUT2D eigenvalue weighted by atomic mass is 79.9. The summed E-state index contributed by atoms with van der Waals surface area (Å²) in [6.45, 7) is 4.83. The first kappa shape index (κ1) is 13.9. The lowest BCUT2D eigenvalue weighted by molar-refractivity contribution is 0.0632. The van der Waals surface area contributed by atoms with Crippen LogP contribution in [0.15, 0.2) is 22.7 Å². The van der Waals surface area contributed by atoms with E-state index in [2.05, 4.69) is 20.8 Å². The lowest BCUT2D eigenvalue weighted by atomic mass is 10.1. The van der Waals surface area contributed by atoms with E-state index < -0.39 is 0 Å². The lowest BCUT2D eigenvalue weighted by Gasteiger charge is -2.34. The zero-order chi connectivity index (χ0) is 14.1. The van der Waals surface area contributed by atoms with Crippen molar-refractivity contribution in [1.82, 2.24) is 9.80 Å². The van der Waals surface area contributed by atoms with E-state index >= 15 is 0 Å². The van der Waals surface area contributed by atoms with E-state index in [1.165, 1.54) is 19.4 Å². The van der Waals surface area contributed by atoms with Gasteiger partial charge in [-0.3, -0.25) is 9.69 Å². The van der Waals surface area contributed by atoms with Crippen LogP contribution in [-0.4, -0.2) is 48.4 Å².